The highest BCUT2D eigenvalue weighted by atomic mass is 32.2. The molecule has 10 atom stereocenters. The molecule has 2 aliphatic heterocycles. The monoisotopic (exact) mass is 1350 g/mol. The van der Waals surface area contributed by atoms with Gasteiger partial charge in [0.2, 0.25) is 76.8 Å². The zero-order valence-electron chi connectivity index (χ0n) is 54.5. The second-order valence-electron chi connectivity index (χ2n) is 24.1. The largest absolute Gasteiger partial charge is 0.370 e. The van der Waals surface area contributed by atoms with Gasteiger partial charge < -0.3 is 92.5 Å². The van der Waals surface area contributed by atoms with Crippen LogP contribution in [0.5, 0.6) is 0 Å². The number of primary amides is 3. The molecule has 0 unspecified atom stereocenters. The van der Waals surface area contributed by atoms with Crippen LogP contribution >= 0.6 is 11.8 Å². The van der Waals surface area contributed by atoms with Gasteiger partial charge in [-0.3, -0.25) is 67.3 Å². The number of rotatable bonds is 42. The third kappa shape index (κ3) is 27.5. The summed E-state index contributed by atoms with van der Waals surface area (Å²) in [6, 6.07) is 4.51. The standard InChI is InChI=1S/C63H98N18O13S/c1-37(2)33-45(57(89)74-41(53(68)85)27-32-95-3)73-52(84)36-72-54(86)46(34-38-15-6-4-7-16-38)78-58(90)47(35-39-17-8-5-9-18-39)79-56(88)42(23-25-50(66)82)75-55(87)43(24-26-51(67)83)76-59(91)49-22-14-31-81(49)62(94)44(20-10-11-28-64)77-60(92)48-21-13-30-80(48)61(93)40(65)19-12-29-71-63(69)70/h4-9,15-18,37,40-49H,10-14,19-36,64-65H2,1-3H3,(H2,66,82)(H2,67,83)(H2,68,85)(H,72,86)(H,73,84)(H,74,89)(H,75,87)(H,76,91)(H,77,92)(H,78,90)(H,79,88)(H4,69,70,71)/t40-,41-,42+,43-,44-,45-,46-,47+,48-,49-/m0/s1. The number of nitrogens with zero attached hydrogens (tertiary/aromatic N) is 3. The molecule has 2 aromatic carbocycles. The predicted molar refractivity (Wildman–Crippen MR) is 356 cm³/mol. The third-order valence-corrected chi connectivity index (χ3v) is 16.7. The maximum absolute atomic E-state index is 14.7. The van der Waals surface area contributed by atoms with E-state index in [1.165, 1.54) is 21.6 Å². The lowest BCUT2D eigenvalue weighted by molar-refractivity contribution is -0.144. The minimum atomic E-state index is -1.64. The fraction of sp³-hybridized carbons (Fsp3) is 0.587. The molecule has 0 saturated carbocycles. The van der Waals surface area contributed by atoms with Gasteiger partial charge in [-0.15, -0.1) is 0 Å². The topological polar surface area (TPSA) is 519 Å². The van der Waals surface area contributed by atoms with Crippen LogP contribution in [0.4, 0.5) is 0 Å². The van der Waals surface area contributed by atoms with Crippen LogP contribution in [-0.2, 0) is 75.2 Å². The highest BCUT2D eigenvalue weighted by Gasteiger charge is 2.42. The van der Waals surface area contributed by atoms with Gasteiger partial charge in [-0.25, -0.2) is 0 Å². The molecule has 524 valence electrons. The maximum atomic E-state index is 14.7. The zero-order chi connectivity index (χ0) is 70.1. The molecule has 2 heterocycles. The molecular weight excluding hydrogens is 1250 g/mol. The van der Waals surface area contributed by atoms with Crippen LogP contribution in [0, 0.1) is 5.92 Å². The predicted octanol–water partition coefficient (Wildman–Crippen LogP) is -3.71. The van der Waals surface area contributed by atoms with Crippen molar-refractivity contribution >= 4 is 94.5 Å². The molecule has 0 radical (unpaired) electrons. The van der Waals surface area contributed by atoms with E-state index in [-0.39, 0.29) is 83.0 Å². The van der Waals surface area contributed by atoms with Crippen molar-refractivity contribution in [1.82, 2.24) is 52.3 Å². The second kappa shape index (κ2) is 41.0. The SMILES string of the molecule is CSCC[C@H](NC(=O)[C@H](CC(C)C)NC(=O)CNC(=O)[C@H](Cc1ccccc1)NC(=O)[C@@H](Cc1ccccc1)NC(=O)[C@@H](CCC(N)=O)NC(=O)[C@H](CCC(N)=O)NC(=O)[C@@H]1CCCN1C(=O)[C@H](CCCCN)NC(=O)[C@@H]1CCCN1C(=O)[C@@H](N)CCCN=C(N)N)C(N)=O. The fourth-order valence-corrected chi connectivity index (χ4v) is 11.5. The number of likely N-dealkylation sites (tertiary alicyclic amines) is 2. The molecule has 13 amide bonds. The molecule has 0 bridgehead atoms. The number of carbonyl (C=O) groups excluding carboxylic acids is 13. The van der Waals surface area contributed by atoms with Crippen LogP contribution in [0.1, 0.15) is 121 Å². The number of nitrogens with one attached hydrogen (secondary N) is 8. The lowest BCUT2D eigenvalue weighted by Gasteiger charge is -2.32. The molecule has 2 aliphatic rings. The Kier molecular flexibility index (Phi) is 33.9. The molecular formula is C63H98N18O13S. The highest BCUT2D eigenvalue weighted by Crippen LogP contribution is 2.24. The van der Waals surface area contributed by atoms with Crippen LogP contribution in [0.2, 0.25) is 0 Å². The molecule has 2 fully saturated rings. The van der Waals surface area contributed by atoms with Crippen molar-refractivity contribution in [3.63, 3.8) is 0 Å². The molecule has 2 aromatic rings. The van der Waals surface area contributed by atoms with Crippen molar-refractivity contribution < 1.29 is 62.3 Å². The fourth-order valence-electron chi connectivity index (χ4n) is 11.0. The van der Waals surface area contributed by atoms with E-state index in [0.29, 0.717) is 55.4 Å². The van der Waals surface area contributed by atoms with Crippen LogP contribution in [0.3, 0.4) is 0 Å². The zero-order valence-corrected chi connectivity index (χ0v) is 55.3. The summed E-state index contributed by atoms with van der Waals surface area (Å²) in [5, 5.41) is 21.1. The Morgan fingerprint density at radius 1 is 0.537 bits per heavy atom. The van der Waals surface area contributed by atoms with Crippen molar-refractivity contribution in [1.29, 1.82) is 0 Å². The molecule has 95 heavy (non-hydrogen) atoms. The molecule has 0 aromatic heterocycles. The van der Waals surface area contributed by atoms with Crippen molar-refractivity contribution in [3.8, 4) is 0 Å². The number of amides is 13. The van der Waals surface area contributed by atoms with Crippen molar-refractivity contribution in [2.75, 3.05) is 44.7 Å². The molecule has 0 spiro atoms. The summed E-state index contributed by atoms with van der Waals surface area (Å²) in [5.74, 6) is -9.80. The van der Waals surface area contributed by atoms with Gasteiger partial charge in [-0.1, -0.05) is 74.5 Å². The number of guanidine groups is 1. The van der Waals surface area contributed by atoms with Gasteiger partial charge in [0, 0.05) is 45.3 Å². The van der Waals surface area contributed by atoms with Crippen LogP contribution < -0.4 is 82.7 Å². The first kappa shape index (κ1) is 78.5. The molecule has 4 rings (SSSR count). The maximum Gasteiger partial charge on any atom is 0.245 e. The van der Waals surface area contributed by atoms with Gasteiger partial charge in [0.15, 0.2) is 5.96 Å². The van der Waals surface area contributed by atoms with Crippen molar-refractivity contribution in [2.45, 2.75) is 183 Å². The Bertz CT molecular complexity index is 2960. The second-order valence-corrected chi connectivity index (χ2v) is 25.1. The van der Waals surface area contributed by atoms with Gasteiger partial charge in [-0.2, -0.15) is 11.8 Å². The van der Waals surface area contributed by atoms with E-state index >= 15 is 0 Å². The number of hydrogen-bond acceptors (Lipinski definition) is 17. The lowest BCUT2D eigenvalue weighted by Crippen LogP contribution is -2.60. The van der Waals surface area contributed by atoms with Gasteiger partial charge in [-0.05, 0) is 119 Å². The summed E-state index contributed by atoms with van der Waals surface area (Å²) >= 11 is 1.45. The quantitative estimate of drug-likeness (QED) is 0.0173. The Morgan fingerprint density at radius 2 is 1.01 bits per heavy atom. The van der Waals surface area contributed by atoms with Gasteiger partial charge in [0.25, 0.3) is 0 Å². The summed E-state index contributed by atoms with van der Waals surface area (Å²) in [4.78, 5) is 185. The first-order chi connectivity index (χ1) is 45.2. The van der Waals surface area contributed by atoms with E-state index < -0.39 is 169 Å². The molecule has 2 saturated heterocycles. The first-order valence-corrected chi connectivity index (χ1v) is 33.6. The number of thioether (sulfide) groups is 1. The number of hydrogen-bond donors (Lipinski definition) is 15. The highest BCUT2D eigenvalue weighted by molar-refractivity contribution is 7.98. The Balaban J connectivity index is 1.56. The Hall–Kier alpha value is -8.91. The molecule has 22 N–H and O–H groups in total. The average Bonchev–Trinajstić information content (AvgIpc) is 1.74. The van der Waals surface area contributed by atoms with Gasteiger partial charge >= 0.3 is 0 Å². The number of unbranched alkanes of at least 4 members (excludes halogenated alkanes) is 1. The lowest BCUT2D eigenvalue weighted by atomic mass is 10.0. The Morgan fingerprint density at radius 3 is 1.51 bits per heavy atom. The number of nitrogens with two attached hydrogens (primary N) is 7. The van der Waals surface area contributed by atoms with E-state index in [0.717, 1.165) is 0 Å². The normalized spacial score (nSPS) is 16.8. The van der Waals surface area contributed by atoms with E-state index in [1.807, 2.05) is 20.1 Å². The smallest absolute Gasteiger partial charge is 0.245 e. The minimum absolute atomic E-state index is 0.0736. The first-order valence-electron chi connectivity index (χ1n) is 32.2. The number of carbonyl (C=O) groups is 13. The molecule has 31 nitrogen and oxygen atoms in total. The number of aliphatic imine (C=N–C) groups is 1. The molecule has 32 heteroatoms. The summed E-state index contributed by atoms with van der Waals surface area (Å²) < 4.78 is 0. The van der Waals surface area contributed by atoms with Crippen LogP contribution in [0.15, 0.2) is 65.7 Å². The van der Waals surface area contributed by atoms with E-state index in [4.69, 9.17) is 40.1 Å². The minimum Gasteiger partial charge on any atom is -0.370 e. The summed E-state index contributed by atoms with van der Waals surface area (Å²) in [5.41, 5.74) is 40.6. The van der Waals surface area contributed by atoms with Crippen molar-refractivity contribution in [3.05, 3.63) is 71.8 Å². The van der Waals surface area contributed by atoms with E-state index in [9.17, 15) is 62.3 Å². The Labute approximate surface area is 558 Å². The van der Waals surface area contributed by atoms with E-state index in [2.05, 4.69) is 47.5 Å². The number of benzene rings is 2. The summed E-state index contributed by atoms with van der Waals surface area (Å²) in [6.45, 7) is 3.86. The summed E-state index contributed by atoms with van der Waals surface area (Å²) in [6.07, 6.45) is 3.12. The van der Waals surface area contributed by atoms with Gasteiger partial charge in [0.1, 0.15) is 54.4 Å². The van der Waals surface area contributed by atoms with Crippen LogP contribution in [-0.4, -0.2) is 198 Å². The summed E-state index contributed by atoms with van der Waals surface area (Å²) in [7, 11) is 0. The van der Waals surface area contributed by atoms with Crippen molar-refractivity contribution in [2.24, 2.45) is 51.0 Å². The molecule has 0 aliphatic carbocycles. The third-order valence-electron chi connectivity index (χ3n) is 16.0. The average molecular weight is 1350 g/mol. The van der Waals surface area contributed by atoms with Gasteiger partial charge in [0.05, 0.1) is 12.6 Å². The van der Waals surface area contributed by atoms with Crippen LogP contribution in [0.25, 0.3) is 0 Å². The van der Waals surface area contributed by atoms with E-state index in [1.54, 1.807) is 60.7 Å².